The van der Waals surface area contributed by atoms with Crippen LogP contribution in [0.5, 0.6) is 0 Å². The molecule has 0 heterocycles. The first-order valence-corrected chi connectivity index (χ1v) is 2.53. The van der Waals surface area contributed by atoms with Gasteiger partial charge in [-0.2, -0.15) is 0 Å². The number of urea groups is 1. The highest BCUT2D eigenvalue weighted by Crippen LogP contribution is 1.58. The van der Waals surface area contributed by atoms with Crippen LogP contribution in [0.15, 0.2) is 0 Å². The number of carbonyl (C=O) groups is 1. The van der Waals surface area contributed by atoms with E-state index in [0.29, 0.717) is 6.54 Å². The van der Waals surface area contributed by atoms with Crippen molar-refractivity contribution in [2.75, 3.05) is 13.0 Å². The fourth-order valence-corrected chi connectivity index (χ4v) is 0.316. The lowest BCUT2D eigenvalue weighted by atomic mass is 10.2. The summed E-state index contributed by atoms with van der Waals surface area (Å²) in [6.45, 7) is 2.47. The van der Waals surface area contributed by atoms with Crippen molar-refractivity contribution in [3.8, 4) is 0 Å². The molecule has 2 N–H and O–H groups in total. The van der Waals surface area contributed by atoms with Crippen LogP contribution in [0.1, 0.15) is 6.92 Å². The normalized spacial score (nSPS) is 8.12. The zero-order valence-electron chi connectivity index (χ0n) is 4.90. The third-order valence-electron chi connectivity index (χ3n) is 0.600. The van der Waals surface area contributed by atoms with Gasteiger partial charge in [0.15, 0.2) is 0 Å². The Labute approximate surface area is 50.2 Å². The number of rotatable bonds is 2. The van der Waals surface area contributed by atoms with Crippen LogP contribution in [0.25, 0.3) is 0 Å². The summed E-state index contributed by atoms with van der Waals surface area (Å²) >= 11 is 0. The lowest BCUT2D eigenvalue weighted by Crippen LogP contribution is -2.35. The van der Waals surface area contributed by atoms with Gasteiger partial charge >= 0.3 is 6.03 Å². The summed E-state index contributed by atoms with van der Waals surface area (Å²) in [7, 11) is 4.99. The van der Waals surface area contributed by atoms with Gasteiger partial charge in [-0.05, 0) is 13.4 Å². The van der Waals surface area contributed by atoms with Crippen molar-refractivity contribution in [1.29, 1.82) is 0 Å². The molecule has 0 aromatic heterocycles. The third-order valence-corrected chi connectivity index (χ3v) is 0.600. The predicted molar refractivity (Wildman–Crippen MR) is 32.8 cm³/mol. The Morgan fingerprint density at radius 3 is 2.62 bits per heavy atom. The summed E-state index contributed by atoms with van der Waals surface area (Å²) in [6.07, 6.45) is 0.186. The van der Waals surface area contributed by atoms with Crippen molar-refractivity contribution in [2.45, 2.75) is 6.92 Å². The second-order valence-corrected chi connectivity index (χ2v) is 1.24. The molecule has 2 radical (unpaired) electrons. The fraction of sp³-hybridized carbons (Fsp3) is 0.750. The molecular formula is C4H9BN2O. The molecule has 0 unspecified atom stereocenters. The Morgan fingerprint density at radius 2 is 2.25 bits per heavy atom. The van der Waals surface area contributed by atoms with Crippen LogP contribution in [0.4, 0.5) is 4.79 Å². The van der Waals surface area contributed by atoms with E-state index in [4.69, 9.17) is 7.85 Å². The minimum atomic E-state index is -0.213. The van der Waals surface area contributed by atoms with Crippen LogP contribution in [-0.2, 0) is 0 Å². The van der Waals surface area contributed by atoms with Crippen LogP contribution >= 0.6 is 0 Å². The molecule has 4 heteroatoms. The fourth-order valence-electron chi connectivity index (χ4n) is 0.316. The molecule has 0 saturated heterocycles. The molecule has 3 nitrogen and oxygen atoms in total. The molecule has 0 atom stereocenters. The van der Waals surface area contributed by atoms with E-state index in [1.165, 1.54) is 0 Å². The molecule has 0 aromatic rings. The summed E-state index contributed by atoms with van der Waals surface area (Å²) in [5.74, 6) is 0. The van der Waals surface area contributed by atoms with Crippen LogP contribution in [-0.4, -0.2) is 26.9 Å². The number of amides is 2. The zero-order chi connectivity index (χ0) is 6.41. The third kappa shape index (κ3) is 3.52. The van der Waals surface area contributed by atoms with E-state index in [9.17, 15) is 4.79 Å². The summed E-state index contributed by atoms with van der Waals surface area (Å²) < 4.78 is 0. The quantitative estimate of drug-likeness (QED) is 0.461. The van der Waals surface area contributed by atoms with Crippen molar-refractivity contribution in [3.05, 3.63) is 0 Å². The van der Waals surface area contributed by atoms with E-state index in [2.05, 4.69) is 10.6 Å². The Balaban J connectivity index is 3.06. The van der Waals surface area contributed by atoms with Crippen LogP contribution < -0.4 is 10.6 Å². The van der Waals surface area contributed by atoms with Gasteiger partial charge in [-0.3, -0.25) is 0 Å². The molecular weight excluding hydrogens is 103 g/mol. The maximum Gasteiger partial charge on any atom is 0.314 e. The smallest absolute Gasteiger partial charge is 0.314 e. The van der Waals surface area contributed by atoms with E-state index in [1.54, 1.807) is 0 Å². The highest BCUT2D eigenvalue weighted by Gasteiger charge is 1.89. The summed E-state index contributed by atoms with van der Waals surface area (Å²) in [5, 5.41) is 4.89. The first kappa shape index (κ1) is 7.33. The minimum absolute atomic E-state index is 0.186. The molecule has 0 fully saturated rings. The first-order chi connectivity index (χ1) is 3.81. The number of hydrogen-bond donors (Lipinski definition) is 2. The summed E-state index contributed by atoms with van der Waals surface area (Å²) in [4.78, 5) is 10.3. The van der Waals surface area contributed by atoms with E-state index >= 15 is 0 Å². The Hall–Kier alpha value is -0.665. The summed E-state index contributed by atoms with van der Waals surface area (Å²) in [6, 6.07) is -0.213. The van der Waals surface area contributed by atoms with Crippen molar-refractivity contribution < 1.29 is 4.79 Å². The number of nitrogens with one attached hydrogen (secondary N) is 2. The highest BCUT2D eigenvalue weighted by atomic mass is 16.2. The molecule has 0 aromatic carbocycles. The van der Waals surface area contributed by atoms with Crippen LogP contribution in [0, 0.1) is 0 Å². The average molecular weight is 112 g/mol. The van der Waals surface area contributed by atoms with Gasteiger partial charge in [-0.15, -0.1) is 0 Å². The van der Waals surface area contributed by atoms with Crippen molar-refractivity contribution in [1.82, 2.24) is 10.6 Å². The Bertz CT molecular complexity index is 68.4. The standard InChI is InChI=1S/C4H9BN2O/c1-2-6-4(8)7-3-5/h2-3H2,1H3,(H2,6,7,8). The van der Waals surface area contributed by atoms with E-state index in [-0.39, 0.29) is 12.5 Å². The Kier molecular flexibility index (Phi) is 4.12. The van der Waals surface area contributed by atoms with Gasteiger partial charge in [0.1, 0.15) is 0 Å². The zero-order valence-corrected chi connectivity index (χ0v) is 4.90. The van der Waals surface area contributed by atoms with E-state index in [0.717, 1.165) is 0 Å². The first-order valence-electron chi connectivity index (χ1n) is 2.53. The lowest BCUT2D eigenvalue weighted by molar-refractivity contribution is 0.243. The van der Waals surface area contributed by atoms with Gasteiger partial charge in [0.2, 0.25) is 0 Å². The van der Waals surface area contributed by atoms with Crippen molar-refractivity contribution in [2.24, 2.45) is 0 Å². The van der Waals surface area contributed by atoms with Gasteiger partial charge in [0.05, 0.1) is 7.85 Å². The predicted octanol–water partition coefficient (Wildman–Crippen LogP) is -0.569. The SMILES string of the molecule is [B]CNC(=O)NCC. The second kappa shape index (κ2) is 4.49. The molecule has 0 aliphatic rings. The number of hydrogen-bond acceptors (Lipinski definition) is 1. The van der Waals surface area contributed by atoms with Crippen molar-refractivity contribution >= 4 is 13.9 Å². The lowest BCUT2D eigenvalue weighted by Gasteiger charge is -2.00. The average Bonchev–Trinajstić information content (AvgIpc) is 1.68. The van der Waals surface area contributed by atoms with Gasteiger partial charge in [-0.1, -0.05) is 0 Å². The monoisotopic (exact) mass is 112 g/mol. The number of carbonyl (C=O) groups excluding carboxylic acids is 1. The van der Waals surface area contributed by atoms with Gasteiger partial charge in [-0.25, -0.2) is 4.79 Å². The summed E-state index contributed by atoms with van der Waals surface area (Å²) in [5.41, 5.74) is 0. The maximum absolute atomic E-state index is 10.3. The molecule has 0 bridgehead atoms. The molecule has 0 saturated carbocycles. The van der Waals surface area contributed by atoms with Gasteiger partial charge < -0.3 is 10.6 Å². The highest BCUT2D eigenvalue weighted by molar-refractivity contribution is 6.09. The van der Waals surface area contributed by atoms with E-state index in [1.807, 2.05) is 6.92 Å². The second-order valence-electron chi connectivity index (χ2n) is 1.24. The molecule has 8 heavy (non-hydrogen) atoms. The topological polar surface area (TPSA) is 41.1 Å². The van der Waals surface area contributed by atoms with Crippen LogP contribution in [0.3, 0.4) is 0 Å². The molecule has 0 aliphatic carbocycles. The van der Waals surface area contributed by atoms with Gasteiger partial charge in [0.25, 0.3) is 0 Å². The van der Waals surface area contributed by atoms with Gasteiger partial charge in [0, 0.05) is 6.54 Å². The van der Waals surface area contributed by atoms with Crippen LogP contribution in [0.2, 0.25) is 0 Å². The minimum Gasteiger partial charge on any atom is -0.347 e. The van der Waals surface area contributed by atoms with Crippen molar-refractivity contribution in [3.63, 3.8) is 0 Å². The van der Waals surface area contributed by atoms with E-state index < -0.39 is 0 Å². The largest absolute Gasteiger partial charge is 0.347 e. The molecule has 2 amide bonds. The maximum atomic E-state index is 10.3. The Morgan fingerprint density at radius 1 is 1.62 bits per heavy atom. The molecule has 0 spiro atoms. The molecule has 44 valence electrons. The molecule has 0 rings (SSSR count). The molecule has 0 aliphatic heterocycles.